The Hall–Kier alpha value is -2.97. The first-order chi connectivity index (χ1) is 15.4. The average Bonchev–Trinajstić information content (AvgIpc) is 3.17. The standard InChI is InChI=1S/C24H22FN3O2S2/c1-3-28-23(19-12-14-26-15-13-19)22(18-6-8-20(25)9-7-18)27-24(28)31-16-17-4-10-21(11-5-17)32(2,29)30/h4-15H,3,16H2,1-2H3. The molecule has 2 aromatic heterocycles. The Balaban J connectivity index is 1.71. The van der Waals surface area contributed by atoms with E-state index >= 15 is 0 Å². The maximum absolute atomic E-state index is 13.5. The van der Waals surface area contributed by atoms with E-state index in [1.807, 2.05) is 24.3 Å². The van der Waals surface area contributed by atoms with Crippen LogP contribution in [0.2, 0.25) is 0 Å². The van der Waals surface area contributed by atoms with E-state index in [1.54, 1.807) is 48.4 Å². The Morgan fingerprint density at radius 3 is 2.19 bits per heavy atom. The molecule has 0 atom stereocenters. The third-order valence-electron chi connectivity index (χ3n) is 5.04. The van der Waals surface area contributed by atoms with Crippen LogP contribution < -0.4 is 0 Å². The van der Waals surface area contributed by atoms with E-state index in [0.717, 1.165) is 33.2 Å². The fourth-order valence-corrected chi connectivity index (χ4v) is 5.08. The van der Waals surface area contributed by atoms with Crippen LogP contribution in [0.25, 0.3) is 22.5 Å². The third kappa shape index (κ3) is 4.76. The van der Waals surface area contributed by atoms with Crippen molar-refractivity contribution in [2.45, 2.75) is 29.3 Å². The van der Waals surface area contributed by atoms with E-state index in [2.05, 4.69) is 16.5 Å². The average molecular weight is 468 g/mol. The van der Waals surface area contributed by atoms with Crippen LogP contribution in [0.3, 0.4) is 0 Å². The molecule has 32 heavy (non-hydrogen) atoms. The molecule has 2 heterocycles. The number of benzene rings is 2. The lowest BCUT2D eigenvalue weighted by Gasteiger charge is -2.11. The van der Waals surface area contributed by atoms with Gasteiger partial charge in [0.2, 0.25) is 0 Å². The number of imidazole rings is 1. The minimum atomic E-state index is -3.22. The molecule has 0 fully saturated rings. The predicted octanol–water partition coefficient (Wildman–Crippen LogP) is 5.47. The second-order valence-electron chi connectivity index (χ2n) is 7.28. The summed E-state index contributed by atoms with van der Waals surface area (Å²) in [6.07, 6.45) is 4.69. The largest absolute Gasteiger partial charge is 0.319 e. The van der Waals surface area contributed by atoms with Gasteiger partial charge in [-0.15, -0.1) is 0 Å². The highest BCUT2D eigenvalue weighted by Crippen LogP contribution is 2.36. The van der Waals surface area contributed by atoms with Gasteiger partial charge >= 0.3 is 0 Å². The van der Waals surface area contributed by atoms with Crippen molar-refractivity contribution >= 4 is 21.6 Å². The van der Waals surface area contributed by atoms with Crippen LogP contribution in [0.5, 0.6) is 0 Å². The molecular formula is C24H22FN3O2S2. The lowest BCUT2D eigenvalue weighted by molar-refractivity contribution is 0.602. The van der Waals surface area contributed by atoms with E-state index in [0.29, 0.717) is 17.2 Å². The molecule has 0 radical (unpaired) electrons. The van der Waals surface area contributed by atoms with Crippen LogP contribution >= 0.6 is 11.8 Å². The first-order valence-electron chi connectivity index (χ1n) is 10.1. The molecule has 0 saturated heterocycles. The number of hydrogen-bond acceptors (Lipinski definition) is 5. The molecule has 0 spiro atoms. The van der Waals surface area contributed by atoms with Crippen molar-refractivity contribution in [3.05, 3.63) is 84.4 Å². The highest BCUT2D eigenvalue weighted by Gasteiger charge is 2.20. The van der Waals surface area contributed by atoms with Crippen molar-refractivity contribution in [2.75, 3.05) is 6.26 Å². The maximum Gasteiger partial charge on any atom is 0.175 e. The van der Waals surface area contributed by atoms with E-state index in [4.69, 9.17) is 4.98 Å². The van der Waals surface area contributed by atoms with E-state index in [1.165, 1.54) is 18.4 Å². The fraction of sp³-hybridized carbons (Fsp3) is 0.167. The fourth-order valence-electron chi connectivity index (χ4n) is 3.43. The molecule has 0 N–H and O–H groups in total. The highest BCUT2D eigenvalue weighted by molar-refractivity contribution is 7.98. The molecule has 0 unspecified atom stereocenters. The van der Waals surface area contributed by atoms with E-state index in [9.17, 15) is 12.8 Å². The maximum atomic E-state index is 13.5. The van der Waals surface area contributed by atoms with Crippen LogP contribution in [0.1, 0.15) is 12.5 Å². The van der Waals surface area contributed by atoms with E-state index < -0.39 is 9.84 Å². The SMILES string of the molecule is CCn1c(SCc2ccc(S(C)(=O)=O)cc2)nc(-c2ccc(F)cc2)c1-c1ccncc1. The zero-order valence-corrected chi connectivity index (χ0v) is 19.3. The minimum absolute atomic E-state index is 0.290. The first-order valence-corrected chi connectivity index (χ1v) is 12.9. The zero-order chi connectivity index (χ0) is 22.7. The Morgan fingerprint density at radius 1 is 0.938 bits per heavy atom. The summed E-state index contributed by atoms with van der Waals surface area (Å²) in [4.78, 5) is 9.34. The smallest absolute Gasteiger partial charge is 0.175 e. The second kappa shape index (κ2) is 9.26. The van der Waals surface area contributed by atoms with Gasteiger partial charge in [0.25, 0.3) is 0 Å². The van der Waals surface area contributed by atoms with Gasteiger partial charge in [0, 0.05) is 42.1 Å². The summed E-state index contributed by atoms with van der Waals surface area (Å²) in [5.41, 5.74) is 4.56. The third-order valence-corrected chi connectivity index (χ3v) is 7.22. The number of nitrogens with zero attached hydrogens (tertiary/aromatic N) is 3. The molecule has 0 amide bonds. The molecule has 164 valence electrons. The van der Waals surface area contributed by atoms with Gasteiger partial charge in [-0.25, -0.2) is 17.8 Å². The lowest BCUT2D eigenvalue weighted by Crippen LogP contribution is -2.00. The number of thioether (sulfide) groups is 1. The first kappa shape index (κ1) is 22.2. The number of sulfone groups is 1. The van der Waals surface area contributed by atoms with Gasteiger partial charge in [0.05, 0.1) is 16.3 Å². The number of aromatic nitrogens is 3. The number of pyridine rings is 1. The second-order valence-corrected chi connectivity index (χ2v) is 10.2. The topological polar surface area (TPSA) is 64.8 Å². The van der Waals surface area contributed by atoms with Crippen LogP contribution in [0.4, 0.5) is 4.39 Å². The summed E-state index contributed by atoms with van der Waals surface area (Å²) < 4.78 is 39.0. The summed E-state index contributed by atoms with van der Waals surface area (Å²) in [5.74, 6) is 0.348. The van der Waals surface area contributed by atoms with Crippen LogP contribution in [-0.2, 0) is 22.1 Å². The summed E-state index contributed by atoms with van der Waals surface area (Å²) in [6.45, 7) is 2.77. The van der Waals surface area contributed by atoms with Crippen LogP contribution in [0, 0.1) is 5.82 Å². The van der Waals surface area contributed by atoms with Crippen molar-refractivity contribution in [3.8, 4) is 22.5 Å². The minimum Gasteiger partial charge on any atom is -0.319 e. The summed E-state index contributed by atoms with van der Waals surface area (Å²) in [5, 5.41) is 0.839. The molecule has 4 rings (SSSR count). The number of rotatable bonds is 7. The van der Waals surface area contributed by atoms with Crippen molar-refractivity contribution < 1.29 is 12.8 Å². The van der Waals surface area contributed by atoms with Gasteiger partial charge in [-0.3, -0.25) is 4.98 Å². The molecule has 2 aromatic carbocycles. The lowest BCUT2D eigenvalue weighted by atomic mass is 10.1. The quantitative estimate of drug-likeness (QED) is 0.337. The monoisotopic (exact) mass is 467 g/mol. The predicted molar refractivity (Wildman–Crippen MR) is 126 cm³/mol. The molecule has 0 aliphatic rings. The summed E-state index contributed by atoms with van der Waals surface area (Å²) in [7, 11) is -3.22. The zero-order valence-electron chi connectivity index (χ0n) is 17.7. The molecule has 4 aromatic rings. The Labute approximate surface area is 191 Å². The van der Waals surface area contributed by atoms with Gasteiger partial charge in [0.1, 0.15) is 5.82 Å². The number of halogens is 1. The Bertz CT molecular complexity index is 1320. The van der Waals surface area contributed by atoms with Crippen molar-refractivity contribution in [1.29, 1.82) is 0 Å². The van der Waals surface area contributed by atoms with Gasteiger partial charge in [-0.1, -0.05) is 23.9 Å². The van der Waals surface area contributed by atoms with Gasteiger partial charge in [-0.2, -0.15) is 0 Å². The molecule has 0 aliphatic heterocycles. The van der Waals surface area contributed by atoms with Crippen LogP contribution in [-0.4, -0.2) is 29.2 Å². The van der Waals surface area contributed by atoms with Crippen LogP contribution in [0.15, 0.2) is 83.1 Å². The summed E-state index contributed by atoms with van der Waals surface area (Å²) in [6, 6.07) is 17.1. The summed E-state index contributed by atoms with van der Waals surface area (Å²) >= 11 is 1.58. The molecule has 0 saturated carbocycles. The van der Waals surface area contributed by atoms with Crippen molar-refractivity contribution in [1.82, 2.24) is 14.5 Å². The number of hydrogen-bond donors (Lipinski definition) is 0. The molecule has 8 heteroatoms. The van der Waals surface area contributed by atoms with Gasteiger partial charge in [-0.05, 0) is 61.0 Å². The van der Waals surface area contributed by atoms with Crippen molar-refractivity contribution in [2.24, 2.45) is 0 Å². The molecule has 0 aliphatic carbocycles. The normalized spacial score (nSPS) is 11.6. The van der Waals surface area contributed by atoms with E-state index in [-0.39, 0.29) is 5.82 Å². The van der Waals surface area contributed by atoms with Gasteiger partial charge in [0.15, 0.2) is 15.0 Å². The van der Waals surface area contributed by atoms with Crippen molar-refractivity contribution in [3.63, 3.8) is 0 Å². The molecular weight excluding hydrogens is 445 g/mol. The Morgan fingerprint density at radius 2 is 1.59 bits per heavy atom. The molecule has 5 nitrogen and oxygen atoms in total. The molecule has 0 bridgehead atoms. The van der Waals surface area contributed by atoms with Gasteiger partial charge < -0.3 is 4.57 Å². The Kier molecular flexibility index (Phi) is 6.43. The highest BCUT2D eigenvalue weighted by atomic mass is 32.2.